The summed E-state index contributed by atoms with van der Waals surface area (Å²) >= 11 is 4.61. The fourth-order valence-corrected chi connectivity index (χ4v) is 1.66. The molecule has 0 radical (unpaired) electrons. The van der Waals surface area contributed by atoms with Gasteiger partial charge in [-0.3, -0.25) is 4.55 Å². The molecule has 1 aliphatic heterocycles. The van der Waals surface area contributed by atoms with E-state index in [9.17, 15) is 8.42 Å². The fraction of sp³-hybridized carbons (Fsp3) is 0.200. The predicted molar refractivity (Wildman–Crippen MR) is 70.1 cm³/mol. The molecular formula is C10H12N2O3S2. The van der Waals surface area contributed by atoms with E-state index < -0.39 is 10.1 Å². The lowest BCUT2D eigenvalue weighted by Crippen LogP contribution is -2.12. The molecule has 0 aromatic heterocycles. The third-order valence-corrected chi connectivity index (χ3v) is 2.99. The molecule has 17 heavy (non-hydrogen) atoms. The van der Waals surface area contributed by atoms with Crippen LogP contribution in [0.4, 0.5) is 0 Å². The summed E-state index contributed by atoms with van der Waals surface area (Å²) in [6.45, 7) is 2.65. The molecule has 0 bridgehead atoms. The van der Waals surface area contributed by atoms with Crippen LogP contribution in [-0.4, -0.2) is 30.8 Å². The van der Waals surface area contributed by atoms with Crippen molar-refractivity contribution in [1.82, 2.24) is 5.32 Å². The zero-order valence-electron chi connectivity index (χ0n) is 9.12. The molecule has 1 aliphatic rings. The summed E-state index contributed by atoms with van der Waals surface area (Å²) in [7, 11) is -4.02. The standard InChI is InChI=1S/C7H8O3S.C3H4N2S/c1-6-2-4-7(5-3-6)11(8,9)10;6-3-4-1-2-5-3/h2-5H,1H3,(H,8,9,10);1H,2H2,(H,5,6). The summed E-state index contributed by atoms with van der Waals surface area (Å²) in [6, 6.07) is 5.99. The summed E-state index contributed by atoms with van der Waals surface area (Å²) in [6.07, 6.45) is 1.75. The molecule has 92 valence electrons. The van der Waals surface area contributed by atoms with Crippen molar-refractivity contribution in [3.63, 3.8) is 0 Å². The van der Waals surface area contributed by atoms with E-state index in [-0.39, 0.29) is 4.90 Å². The second kappa shape index (κ2) is 5.85. The van der Waals surface area contributed by atoms with Crippen LogP contribution in [0.1, 0.15) is 5.56 Å². The van der Waals surface area contributed by atoms with Crippen molar-refractivity contribution in [1.29, 1.82) is 0 Å². The van der Waals surface area contributed by atoms with Crippen molar-refractivity contribution in [2.75, 3.05) is 6.54 Å². The van der Waals surface area contributed by atoms with E-state index in [4.69, 9.17) is 4.55 Å². The van der Waals surface area contributed by atoms with Crippen LogP contribution in [0.3, 0.4) is 0 Å². The van der Waals surface area contributed by atoms with Gasteiger partial charge in [0.05, 0.1) is 11.4 Å². The smallest absolute Gasteiger partial charge is 0.294 e. The molecule has 0 saturated heterocycles. The van der Waals surface area contributed by atoms with Crippen LogP contribution in [0.25, 0.3) is 0 Å². The van der Waals surface area contributed by atoms with Gasteiger partial charge in [0, 0.05) is 6.21 Å². The predicted octanol–water partition coefficient (Wildman–Crippen LogP) is 1.19. The lowest BCUT2D eigenvalue weighted by Gasteiger charge is -1.95. The topological polar surface area (TPSA) is 78.8 Å². The van der Waals surface area contributed by atoms with E-state index in [2.05, 4.69) is 22.5 Å². The lowest BCUT2D eigenvalue weighted by atomic mass is 10.2. The molecule has 0 spiro atoms. The highest BCUT2D eigenvalue weighted by molar-refractivity contribution is 7.85. The molecule has 0 fully saturated rings. The number of nitrogens with one attached hydrogen (secondary N) is 1. The molecule has 2 rings (SSSR count). The van der Waals surface area contributed by atoms with Crippen LogP contribution < -0.4 is 5.32 Å². The van der Waals surface area contributed by atoms with Crippen molar-refractivity contribution >= 4 is 33.7 Å². The largest absolute Gasteiger partial charge is 0.356 e. The summed E-state index contributed by atoms with van der Waals surface area (Å²) in [5, 5.41) is 3.44. The van der Waals surface area contributed by atoms with Gasteiger partial charge in [-0.05, 0) is 31.3 Å². The SMILES string of the molecule is Cc1ccc(S(=O)(=O)O)cc1.S=C1N=CCN1. The van der Waals surface area contributed by atoms with Gasteiger partial charge in [-0.25, -0.2) is 4.99 Å². The van der Waals surface area contributed by atoms with Gasteiger partial charge in [0.2, 0.25) is 0 Å². The van der Waals surface area contributed by atoms with Crippen LogP contribution in [0.5, 0.6) is 0 Å². The van der Waals surface area contributed by atoms with Crippen LogP contribution in [0, 0.1) is 6.92 Å². The highest BCUT2D eigenvalue weighted by Crippen LogP contribution is 2.08. The van der Waals surface area contributed by atoms with E-state index in [1.165, 1.54) is 12.1 Å². The molecule has 7 heteroatoms. The van der Waals surface area contributed by atoms with E-state index in [0.717, 1.165) is 12.1 Å². The Labute approximate surface area is 105 Å². The Hall–Kier alpha value is -1.31. The van der Waals surface area contributed by atoms with Gasteiger partial charge in [-0.15, -0.1) is 0 Å². The normalized spacial score (nSPS) is 13.9. The second-order valence-corrected chi connectivity index (χ2v) is 5.09. The molecule has 0 saturated carbocycles. The van der Waals surface area contributed by atoms with Crippen molar-refractivity contribution in [3.8, 4) is 0 Å². The molecule has 2 N–H and O–H groups in total. The van der Waals surface area contributed by atoms with Gasteiger partial charge in [0.15, 0.2) is 5.11 Å². The summed E-state index contributed by atoms with van der Waals surface area (Å²) in [5.74, 6) is 0. The quantitative estimate of drug-likeness (QED) is 0.593. The molecule has 1 aromatic rings. The number of nitrogens with zero attached hydrogens (tertiary/aromatic N) is 1. The van der Waals surface area contributed by atoms with Crippen molar-refractivity contribution in [2.45, 2.75) is 11.8 Å². The molecule has 1 heterocycles. The average molecular weight is 272 g/mol. The molecular weight excluding hydrogens is 260 g/mol. The number of thiocarbonyl (C=S) groups is 1. The van der Waals surface area contributed by atoms with Gasteiger partial charge in [-0.2, -0.15) is 8.42 Å². The van der Waals surface area contributed by atoms with Crippen molar-refractivity contribution in [3.05, 3.63) is 29.8 Å². The third kappa shape index (κ3) is 5.03. The molecule has 0 aliphatic carbocycles. The van der Waals surface area contributed by atoms with Crippen LogP contribution >= 0.6 is 12.2 Å². The second-order valence-electron chi connectivity index (χ2n) is 3.29. The number of aryl methyl sites for hydroxylation is 1. The summed E-state index contributed by atoms with van der Waals surface area (Å²) in [5.41, 5.74) is 0.956. The fourth-order valence-electron chi connectivity index (χ4n) is 1.02. The van der Waals surface area contributed by atoms with Gasteiger partial charge >= 0.3 is 0 Å². The Balaban J connectivity index is 0.000000202. The van der Waals surface area contributed by atoms with Gasteiger partial charge < -0.3 is 5.32 Å². The Morgan fingerprint density at radius 2 is 1.94 bits per heavy atom. The van der Waals surface area contributed by atoms with Gasteiger partial charge in [0.1, 0.15) is 0 Å². The first-order chi connectivity index (χ1) is 7.89. The Morgan fingerprint density at radius 1 is 1.35 bits per heavy atom. The maximum absolute atomic E-state index is 10.5. The Bertz CT molecular complexity index is 521. The summed E-state index contributed by atoms with van der Waals surface area (Å²) < 4.78 is 29.6. The molecule has 5 nitrogen and oxygen atoms in total. The number of hydrogen-bond acceptors (Lipinski definition) is 3. The first-order valence-electron chi connectivity index (χ1n) is 4.74. The molecule has 0 amide bonds. The minimum atomic E-state index is -4.02. The zero-order valence-corrected chi connectivity index (χ0v) is 10.8. The van der Waals surface area contributed by atoms with E-state index in [1.807, 2.05) is 6.92 Å². The third-order valence-electron chi connectivity index (χ3n) is 1.87. The Morgan fingerprint density at radius 3 is 2.24 bits per heavy atom. The average Bonchev–Trinajstić information content (AvgIpc) is 2.69. The number of hydrogen-bond donors (Lipinski definition) is 2. The van der Waals surface area contributed by atoms with Crippen LogP contribution in [0.2, 0.25) is 0 Å². The number of aliphatic imine (C=N–C) groups is 1. The first kappa shape index (κ1) is 13.8. The molecule has 0 atom stereocenters. The molecule has 1 aromatic carbocycles. The highest BCUT2D eigenvalue weighted by atomic mass is 32.2. The van der Waals surface area contributed by atoms with Gasteiger partial charge in [-0.1, -0.05) is 17.7 Å². The van der Waals surface area contributed by atoms with E-state index in [0.29, 0.717) is 5.11 Å². The van der Waals surface area contributed by atoms with Gasteiger partial charge in [0.25, 0.3) is 10.1 Å². The lowest BCUT2D eigenvalue weighted by molar-refractivity contribution is 0.483. The van der Waals surface area contributed by atoms with Crippen molar-refractivity contribution < 1.29 is 13.0 Å². The minimum absolute atomic E-state index is 0.0666. The zero-order chi connectivity index (χ0) is 12.9. The van der Waals surface area contributed by atoms with E-state index in [1.54, 1.807) is 18.3 Å². The molecule has 0 unspecified atom stereocenters. The van der Waals surface area contributed by atoms with Crippen LogP contribution in [-0.2, 0) is 10.1 Å². The van der Waals surface area contributed by atoms with Crippen LogP contribution in [0.15, 0.2) is 34.2 Å². The number of benzene rings is 1. The van der Waals surface area contributed by atoms with Crippen molar-refractivity contribution in [2.24, 2.45) is 4.99 Å². The maximum Gasteiger partial charge on any atom is 0.294 e. The van der Waals surface area contributed by atoms with E-state index >= 15 is 0 Å². The summed E-state index contributed by atoms with van der Waals surface area (Å²) in [4.78, 5) is 3.66. The monoisotopic (exact) mass is 272 g/mol. The Kier molecular flexibility index (Phi) is 4.73. The number of rotatable bonds is 1. The highest BCUT2D eigenvalue weighted by Gasteiger charge is 2.06. The minimum Gasteiger partial charge on any atom is -0.356 e. The first-order valence-corrected chi connectivity index (χ1v) is 6.59. The maximum atomic E-state index is 10.5.